The lowest BCUT2D eigenvalue weighted by atomic mass is 10.2. The summed E-state index contributed by atoms with van der Waals surface area (Å²) in [5, 5.41) is 5.48. The van der Waals surface area contributed by atoms with Crippen LogP contribution in [0.25, 0.3) is 0 Å². The molecule has 0 spiro atoms. The molecule has 0 saturated carbocycles. The van der Waals surface area contributed by atoms with E-state index in [9.17, 15) is 18.0 Å². The highest BCUT2D eigenvalue weighted by Crippen LogP contribution is 2.17. The fourth-order valence-corrected chi connectivity index (χ4v) is 3.41. The zero-order chi connectivity index (χ0) is 19.3. The van der Waals surface area contributed by atoms with Gasteiger partial charge in [0.15, 0.2) is 0 Å². The van der Waals surface area contributed by atoms with Crippen molar-refractivity contribution in [2.75, 3.05) is 26.0 Å². The Morgan fingerprint density at radius 2 is 1.77 bits per heavy atom. The Kier molecular flexibility index (Phi) is 6.36. The Labute approximate surface area is 157 Å². The predicted molar refractivity (Wildman–Crippen MR) is 99.7 cm³/mol. The first kappa shape index (κ1) is 19.9. The molecule has 0 fully saturated rings. The Morgan fingerprint density at radius 3 is 2.38 bits per heavy atom. The molecule has 0 aliphatic rings. The standard InChI is InChI=1S/C17H18ClN3O4S/c1-19-17(23)12-4-3-5-14(10-12)20-16(22)11-21(2)26(24,25)15-8-6-13(18)7-9-15/h3-10H,11H2,1-2H3,(H,19,23)(H,20,22). The first-order chi connectivity index (χ1) is 12.2. The van der Waals surface area contributed by atoms with Crippen LogP contribution in [0.4, 0.5) is 5.69 Å². The molecule has 0 aliphatic heterocycles. The van der Waals surface area contributed by atoms with Gasteiger partial charge in [0, 0.05) is 30.4 Å². The van der Waals surface area contributed by atoms with E-state index in [0.29, 0.717) is 16.3 Å². The number of hydrogen-bond acceptors (Lipinski definition) is 4. The van der Waals surface area contributed by atoms with Crippen LogP contribution in [0.2, 0.25) is 5.02 Å². The largest absolute Gasteiger partial charge is 0.355 e. The molecule has 0 bridgehead atoms. The second-order valence-corrected chi connectivity index (χ2v) is 7.90. The summed E-state index contributed by atoms with van der Waals surface area (Å²) in [6.45, 7) is -0.380. The minimum atomic E-state index is -3.82. The smallest absolute Gasteiger partial charge is 0.251 e. The minimum Gasteiger partial charge on any atom is -0.355 e. The highest BCUT2D eigenvalue weighted by molar-refractivity contribution is 7.89. The molecule has 9 heteroatoms. The minimum absolute atomic E-state index is 0.0406. The molecule has 2 amide bonds. The van der Waals surface area contributed by atoms with Crippen molar-refractivity contribution in [3.05, 3.63) is 59.1 Å². The van der Waals surface area contributed by atoms with Gasteiger partial charge in [-0.3, -0.25) is 9.59 Å². The predicted octanol–water partition coefficient (Wildman–Crippen LogP) is 1.96. The summed E-state index contributed by atoms with van der Waals surface area (Å²) < 4.78 is 25.9. The number of rotatable bonds is 6. The molecule has 2 aromatic rings. The van der Waals surface area contributed by atoms with Gasteiger partial charge in [0.05, 0.1) is 11.4 Å². The molecule has 138 valence electrons. The number of nitrogens with one attached hydrogen (secondary N) is 2. The van der Waals surface area contributed by atoms with Crippen molar-refractivity contribution in [1.82, 2.24) is 9.62 Å². The molecule has 7 nitrogen and oxygen atoms in total. The quantitative estimate of drug-likeness (QED) is 0.781. The van der Waals surface area contributed by atoms with Crippen LogP contribution in [-0.4, -0.2) is 45.2 Å². The molecule has 2 N–H and O–H groups in total. The van der Waals surface area contributed by atoms with Gasteiger partial charge in [-0.25, -0.2) is 8.42 Å². The van der Waals surface area contributed by atoms with Gasteiger partial charge in [0.25, 0.3) is 5.91 Å². The highest BCUT2D eigenvalue weighted by Gasteiger charge is 2.23. The number of halogens is 1. The highest BCUT2D eigenvalue weighted by atomic mass is 35.5. The van der Waals surface area contributed by atoms with Crippen LogP contribution in [0.15, 0.2) is 53.4 Å². The van der Waals surface area contributed by atoms with Crippen LogP contribution in [0.5, 0.6) is 0 Å². The van der Waals surface area contributed by atoms with E-state index in [1.165, 1.54) is 44.4 Å². The van der Waals surface area contributed by atoms with Gasteiger partial charge in [-0.2, -0.15) is 4.31 Å². The number of sulfonamides is 1. The van der Waals surface area contributed by atoms with E-state index in [4.69, 9.17) is 11.6 Å². The molecular weight excluding hydrogens is 378 g/mol. The third-order valence-corrected chi connectivity index (χ3v) is 5.59. The summed E-state index contributed by atoms with van der Waals surface area (Å²) >= 11 is 5.76. The van der Waals surface area contributed by atoms with Gasteiger partial charge < -0.3 is 10.6 Å². The molecule has 2 aromatic carbocycles. The second kappa shape index (κ2) is 8.31. The van der Waals surface area contributed by atoms with E-state index in [2.05, 4.69) is 10.6 Å². The lowest BCUT2D eigenvalue weighted by molar-refractivity contribution is -0.116. The monoisotopic (exact) mass is 395 g/mol. The van der Waals surface area contributed by atoms with Crippen LogP contribution >= 0.6 is 11.6 Å². The molecule has 0 aromatic heterocycles. The Hall–Kier alpha value is -2.42. The molecule has 0 heterocycles. The zero-order valence-electron chi connectivity index (χ0n) is 14.2. The van der Waals surface area contributed by atoms with E-state index < -0.39 is 15.9 Å². The summed E-state index contributed by atoms with van der Waals surface area (Å²) in [6.07, 6.45) is 0. The number of carbonyl (C=O) groups excluding carboxylic acids is 2. The van der Waals surface area contributed by atoms with Crippen molar-refractivity contribution >= 4 is 39.1 Å². The number of carbonyl (C=O) groups is 2. The fourth-order valence-electron chi connectivity index (χ4n) is 2.16. The van der Waals surface area contributed by atoms with Crippen molar-refractivity contribution < 1.29 is 18.0 Å². The molecule has 0 atom stereocenters. The number of anilines is 1. The second-order valence-electron chi connectivity index (χ2n) is 5.42. The van der Waals surface area contributed by atoms with Gasteiger partial charge in [-0.05, 0) is 42.5 Å². The molecular formula is C17H18ClN3O4S. The maximum absolute atomic E-state index is 12.5. The summed E-state index contributed by atoms with van der Waals surface area (Å²) in [7, 11) is -1.00. The third kappa shape index (κ3) is 4.81. The molecule has 0 aliphatic carbocycles. The third-order valence-electron chi connectivity index (χ3n) is 3.52. The first-order valence-corrected chi connectivity index (χ1v) is 9.40. The van der Waals surface area contributed by atoms with E-state index in [1.807, 2.05) is 0 Å². The van der Waals surface area contributed by atoms with Crippen molar-refractivity contribution in [2.45, 2.75) is 4.90 Å². The lowest BCUT2D eigenvalue weighted by Crippen LogP contribution is -2.35. The van der Waals surface area contributed by atoms with Crippen molar-refractivity contribution in [1.29, 1.82) is 0 Å². The van der Waals surface area contributed by atoms with Crippen molar-refractivity contribution in [2.24, 2.45) is 0 Å². The number of likely N-dealkylation sites (N-methyl/N-ethyl adjacent to an activating group) is 1. The average molecular weight is 396 g/mol. The van der Waals surface area contributed by atoms with Crippen LogP contribution in [0.1, 0.15) is 10.4 Å². The number of nitrogens with zero attached hydrogens (tertiary/aromatic N) is 1. The summed E-state index contributed by atoms with van der Waals surface area (Å²) in [5.41, 5.74) is 0.779. The van der Waals surface area contributed by atoms with Crippen molar-refractivity contribution in [3.8, 4) is 0 Å². The van der Waals surface area contributed by atoms with Gasteiger partial charge in [-0.15, -0.1) is 0 Å². The van der Waals surface area contributed by atoms with Gasteiger partial charge in [0.2, 0.25) is 15.9 Å². The van der Waals surface area contributed by atoms with Gasteiger partial charge in [0.1, 0.15) is 0 Å². The number of hydrogen-bond donors (Lipinski definition) is 2. The first-order valence-electron chi connectivity index (χ1n) is 7.58. The molecule has 26 heavy (non-hydrogen) atoms. The molecule has 0 saturated heterocycles. The van der Waals surface area contributed by atoms with E-state index in [1.54, 1.807) is 18.2 Å². The van der Waals surface area contributed by atoms with Crippen molar-refractivity contribution in [3.63, 3.8) is 0 Å². The van der Waals surface area contributed by atoms with E-state index >= 15 is 0 Å². The Balaban J connectivity index is 2.07. The maximum atomic E-state index is 12.5. The Bertz CT molecular complexity index is 914. The van der Waals surface area contributed by atoms with Crippen LogP contribution in [-0.2, 0) is 14.8 Å². The maximum Gasteiger partial charge on any atom is 0.251 e. The SMILES string of the molecule is CNC(=O)c1cccc(NC(=O)CN(C)S(=O)(=O)c2ccc(Cl)cc2)c1. The molecule has 0 radical (unpaired) electrons. The molecule has 0 unspecified atom stereocenters. The van der Waals surface area contributed by atoms with Crippen LogP contribution in [0.3, 0.4) is 0 Å². The summed E-state index contributed by atoms with van der Waals surface area (Å²) in [6, 6.07) is 12.0. The lowest BCUT2D eigenvalue weighted by Gasteiger charge is -2.17. The van der Waals surface area contributed by atoms with Gasteiger partial charge in [-0.1, -0.05) is 17.7 Å². The Morgan fingerprint density at radius 1 is 1.12 bits per heavy atom. The zero-order valence-corrected chi connectivity index (χ0v) is 15.8. The topological polar surface area (TPSA) is 95.6 Å². The average Bonchev–Trinajstić information content (AvgIpc) is 2.61. The van der Waals surface area contributed by atoms with E-state index in [-0.39, 0.29) is 17.3 Å². The molecule has 2 rings (SSSR count). The normalized spacial score (nSPS) is 11.2. The number of benzene rings is 2. The van der Waals surface area contributed by atoms with E-state index in [0.717, 1.165) is 4.31 Å². The van der Waals surface area contributed by atoms with Crippen LogP contribution in [0, 0.1) is 0 Å². The summed E-state index contributed by atoms with van der Waals surface area (Å²) in [4.78, 5) is 23.8. The fraction of sp³-hybridized carbons (Fsp3) is 0.176. The summed E-state index contributed by atoms with van der Waals surface area (Å²) in [5.74, 6) is -0.817. The van der Waals surface area contributed by atoms with Crippen LogP contribution < -0.4 is 10.6 Å². The van der Waals surface area contributed by atoms with Gasteiger partial charge >= 0.3 is 0 Å². The number of amides is 2.